The molecule has 1 aliphatic rings. The maximum absolute atomic E-state index is 12.1. The number of methoxy groups -OCH3 is 1. The quantitative estimate of drug-likeness (QED) is 0.739. The van der Waals surface area contributed by atoms with Crippen LogP contribution in [0.3, 0.4) is 0 Å². The normalized spacial score (nSPS) is 20.5. The van der Waals surface area contributed by atoms with Gasteiger partial charge in [-0.15, -0.1) is 12.4 Å². The SMILES string of the molecule is CCCN(C1CCNC1)S(=O)(=O)CCOC.Cl. The first-order valence-electron chi connectivity index (χ1n) is 5.81. The summed E-state index contributed by atoms with van der Waals surface area (Å²) < 4.78 is 30.7. The molecular formula is C10H23ClN2O3S. The second kappa shape index (κ2) is 8.26. The Labute approximate surface area is 110 Å². The predicted octanol–water partition coefficient (Wildman–Crippen LogP) is 0.458. The number of hydrogen-bond acceptors (Lipinski definition) is 4. The second-order valence-electron chi connectivity index (χ2n) is 4.07. The molecule has 1 rings (SSSR count). The van der Waals surface area contributed by atoms with E-state index in [1.807, 2.05) is 6.92 Å². The molecule has 7 heteroatoms. The lowest BCUT2D eigenvalue weighted by molar-refractivity contribution is 0.214. The van der Waals surface area contributed by atoms with Crippen LogP contribution in [0.25, 0.3) is 0 Å². The van der Waals surface area contributed by atoms with Crippen molar-refractivity contribution < 1.29 is 13.2 Å². The fourth-order valence-electron chi connectivity index (χ4n) is 1.96. The van der Waals surface area contributed by atoms with E-state index >= 15 is 0 Å². The number of sulfonamides is 1. The summed E-state index contributed by atoms with van der Waals surface area (Å²) in [4.78, 5) is 0. The van der Waals surface area contributed by atoms with Gasteiger partial charge in [0, 0.05) is 26.2 Å². The zero-order valence-corrected chi connectivity index (χ0v) is 12.1. The highest BCUT2D eigenvalue weighted by Crippen LogP contribution is 2.14. The molecule has 0 aliphatic carbocycles. The van der Waals surface area contributed by atoms with Crippen molar-refractivity contribution in [2.75, 3.05) is 39.1 Å². The minimum Gasteiger partial charge on any atom is -0.384 e. The van der Waals surface area contributed by atoms with E-state index in [0.717, 1.165) is 25.9 Å². The fourth-order valence-corrected chi connectivity index (χ4v) is 3.67. The molecule has 0 aromatic rings. The number of ether oxygens (including phenoxy) is 1. The van der Waals surface area contributed by atoms with Gasteiger partial charge in [0.05, 0.1) is 12.4 Å². The maximum Gasteiger partial charge on any atom is 0.216 e. The molecule has 0 amide bonds. The van der Waals surface area contributed by atoms with E-state index in [1.54, 1.807) is 4.31 Å². The molecule has 0 bridgehead atoms. The smallest absolute Gasteiger partial charge is 0.216 e. The van der Waals surface area contributed by atoms with Crippen LogP contribution in [0, 0.1) is 0 Å². The first-order chi connectivity index (χ1) is 7.61. The van der Waals surface area contributed by atoms with E-state index in [0.29, 0.717) is 6.54 Å². The minimum absolute atomic E-state index is 0. The van der Waals surface area contributed by atoms with Crippen LogP contribution >= 0.6 is 12.4 Å². The number of rotatable bonds is 7. The first-order valence-corrected chi connectivity index (χ1v) is 7.42. The molecule has 104 valence electrons. The molecular weight excluding hydrogens is 264 g/mol. The zero-order valence-electron chi connectivity index (χ0n) is 10.5. The Bertz CT molecular complexity index is 292. The van der Waals surface area contributed by atoms with Crippen molar-refractivity contribution >= 4 is 22.4 Å². The van der Waals surface area contributed by atoms with E-state index < -0.39 is 10.0 Å². The molecule has 1 aliphatic heterocycles. The lowest BCUT2D eigenvalue weighted by atomic mass is 10.2. The number of nitrogens with zero attached hydrogens (tertiary/aromatic N) is 1. The van der Waals surface area contributed by atoms with Gasteiger partial charge in [-0.1, -0.05) is 6.92 Å². The van der Waals surface area contributed by atoms with Crippen LogP contribution < -0.4 is 5.32 Å². The van der Waals surface area contributed by atoms with E-state index in [-0.39, 0.29) is 30.8 Å². The molecule has 1 fully saturated rings. The van der Waals surface area contributed by atoms with Crippen LogP contribution in [0.1, 0.15) is 19.8 Å². The van der Waals surface area contributed by atoms with Crippen LogP contribution in [0.15, 0.2) is 0 Å². The monoisotopic (exact) mass is 286 g/mol. The molecule has 0 spiro atoms. The molecule has 0 radical (unpaired) electrons. The highest BCUT2D eigenvalue weighted by Gasteiger charge is 2.30. The van der Waals surface area contributed by atoms with Crippen LogP contribution in [0.5, 0.6) is 0 Å². The average molecular weight is 287 g/mol. The zero-order chi connectivity index (χ0) is 12.0. The van der Waals surface area contributed by atoms with Crippen LogP contribution in [-0.2, 0) is 14.8 Å². The van der Waals surface area contributed by atoms with Crippen molar-refractivity contribution in [3.63, 3.8) is 0 Å². The Balaban J connectivity index is 0.00000256. The molecule has 0 saturated carbocycles. The topological polar surface area (TPSA) is 58.6 Å². The van der Waals surface area contributed by atoms with E-state index in [4.69, 9.17) is 4.74 Å². The predicted molar refractivity (Wildman–Crippen MR) is 71.2 cm³/mol. The summed E-state index contributed by atoms with van der Waals surface area (Å²) in [7, 11) is -1.64. The number of halogens is 1. The van der Waals surface area contributed by atoms with Crippen molar-refractivity contribution in [1.29, 1.82) is 0 Å². The summed E-state index contributed by atoms with van der Waals surface area (Å²) in [6, 6.07) is 0.127. The summed E-state index contributed by atoms with van der Waals surface area (Å²) in [5.74, 6) is 0.0833. The molecule has 5 nitrogen and oxygen atoms in total. The Hall–Kier alpha value is 0.120. The van der Waals surface area contributed by atoms with Crippen LogP contribution in [-0.4, -0.2) is 57.9 Å². The molecule has 0 aromatic carbocycles. The third-order valence-electron chi connectivity index (χ3n) is 2.79. The Morgan fingerprint density at radius 1 is 1.47 bits per heavy atom. The molecule has 1 heterocycles. The fraction of sp³-hybridized carbons (Fsp3) is 1.00. The van der Waals surface area contributed by atoms with Gasteiger partial charge in [0.25, 0.3) is 0 Å². The van der Waals surface area contributed by atoms with Gasteiger partial charge in [-0.3, -0.25) is 0 Å². The second-order valence-corrected chi connectivity index (χ2v) is 6.11. The van der Waals surface area contributed by atoms with Crippen LogP contribution in [0.2, 0.25) is 0 Å². The van der Waals surface area contributed by atoms with Gasteiger partial charge < -0.3 is 10.1 Å². The van der Waals surface area contributed by atoms with Gasteiger partial charge >= 0.3 is 0 Å². The highest BCUT2D eigenvalue weighted by molar-refractivity contribution is 7.89. The summed E-state index contributed by atoms with van der Waals surface area (Å²) in [5, 5.41) is 3.20. The van der Waals surface area contributed by atoms with Crippen molar-refractivity contribution in [2.45, 2.75) is 25.8 Å². The highest BCUT2D eigenvalue weighted by atomic mass is 35.5. The Morgan fingerprint density at radius 3 is 2.65 bits per heavy atom. The van der Waals surface area contributed by atoms with Crippen molar-refractivity contribution in [3.8, 4) is 0 Å². The van der Waals surface area contributed by atoms with Crippen molar-refractivity contribution in [2.24, 2.45) is 0 Å². The first kappa shape index (κ1) is 17.1. The molecule has 17 heavy (non-hydrogen) atoms. The van der Waals surface area contributed by atoms with E-state index in [9.17, 15) is 8.42 Å². The molecule has 1 saturated heterocycles. The lowest BCUT2D eigenvalue weighted by Crippen LogP contribution is -2.43. The molecule has 1 atom stereocenters. The van der Waals surface area contributed by atoms with Gasteiger partial charge in [-0.25, -0.2) is 8.42 Å². The molecule has 0 aromatic heterocycles. The maximum atomic E-state index is 12.1. The summed E-state index contributed by atoms with van der Waals surface area (Å²) in [6.45, 7) is 4.55. The third-order valence-corrected chi connectivity index (χ3v) is 4.67. The van der Waals surface area contributed by atoms with Crippen molar-refractivity contribution in [1.82, 2.24) is 9.62 Å². The van der Waals surface area contributed by atoms with E-state index in [1.165, 1.54) is 7.11 Å². The van der Waals surface area contributed by atoms with Gasteiger partial charge in [0.1, 0.15) is 0 Å². The standard InChI is InChI=1S/C10H22N2O3S.ClH/c1-3-6-12(10-4-5-11-9-10)16(13,14)8-7-15-2;/h10-11H,3-9H2,1-2H3;1H. The van der Waals surface area contributed by atoms with Crippen LogP contribution in [0.4, 0.5) is 0 Å². The third kappa shape index (κ3) is 5.09. The Morgan fingerprint density at radius 2 is 2.18 bits per heavy atom. The summed E-state index contributed by atoms with van der Waals surface area (Å²) >= 11 is 0. The minimum atomic E-state index is -3.16. The van der Waals surface area contributed by atoms with Gasteiger partial charge in [0.2, 0.25) is 10.0 Å². The number of hydrogen-bond donors (Lipinski definition) is 1. The van der Waals surface area contributed by atoms with Gasteiger partial charge in [-0.05, 0) is 19.4 Å². The average Bonchev–Trinajstić information content (AvgIpc) is 2.76. The van der Waals surface area contributed by atoms with E-state index in [2.05, 4.69) is 5.32 Å². The summed E-state index contributed by atoms with van der Waals surface area (Å²) in [5.41, 5.74) is 0. The van der Waals surface area contributed by atoms with Gasteiger partial charge in [0.15, 0.2) is 0 Å². The number of nitrogens with one attached hydrogen (secondary N) is 1. The summed E-state index contributed by atoms with van der Waals surface area (Å²) in [6.07, 6.45) is 1.76. The largest absolute Gasteiger partial charge is 0.384 e. The lowest BCUT2D eigenvalue weighted by Gasteiger charge is -2.27. The van der Waals surface area contributed by atoms with Crippen molar-refractivity contribution in [3.05, 3.63) is 0 Å². The molecule has 1 unspecified atom stereocenters. The molecule has 1 N–H and O–H groups in total. The van der Waals surface area contributed by atoms with Gasteiger partial charge in [-0.2, -0.15) is 4.31 Å². The Kier molecular flexibility index (Phi) is 8.32.